The summed E-state index contributed by atoms with van der Waals surface area (Å²) in [5, 5.41) is 8.65. The first-order valence-corrected chi connectivity index (χ1v) is 17.8. The monoisotopic (exact) mass is 661 g/mol. The van der Waals surface area contributed by atoms with Gasteiger partial charge in [0.2, 0.25) is 0 Å². The van der Waals surface area contributed by atoms with E-state index in [1.165, 1.54) is 47.6 Å². The maximum absolute atomic E-state index is 5.10. The first-order chi connectivity index (χ1) is 24.8. The molecule has 50 heavy (non-hydrogen) atoms. The highest BCUT2D eigenvalue weighted by Gasteiger charge is 2.23. The zero-order valence-corrected chi connectivity index (χ0v) is 27.9. The Morgan fingerprint density at radius 2 is 1.52 bits per heavy atom. The Morgan fingerprint density at radius 3 is 2.38 bits per heavy atom. The van der Waals surface area contributed by atoms with E-state index in [1.807, 2.05) is 35.7 Å². The standard InChI is InChI=1S/C44H31N5S/c1-3-12-28(13-4-1)42-46-43(29-14-5-2-6-15-29)48-44(47-42)31-23-25-40(45-27-31)49-37-20-9-7-16-33(37)34-24-22-30(26-38(34)49)32-18-11-19-36-35-17-8-10-21-39(35)50-41(32)36/h1-5,7-14,16-27,44H,6,15H2,(H,46,47,48). The van der Waals surface area contributed by atoms with Gasteiger partial charge in [-0.15, -0.1) is 11.3 Å². The van der Waals surface area contributed by atoms with Crippen LogP contribution < -0.4 is 5.32 Å². The van der Waals surface area contributed by atoms with E-state index in [-0.39, 0.29) is 6.17 Å². The molecule has 1 aliphatic carbocycles. The number of thiophene rings is 1. The summed E-state index contributed by atoms with van der Waals surface area (Å²) in [6.45, 7) is 0. The molecule has 0 radical (unpaired) electrons. The van der Waals surface area contributed by atoms with E-state index in [0.29, 0.717) is 0 Å². The fourth-order valence-corrected chi connectivity index (χ4v) is 8.59. The van der Waals surface area contributed by atoms with Crippen molar-refractivity contribution < 1.29 is 0 Å². The van der Waals surface area contributed by atoms with E-state index in [4.69, 9.17) is 15.0 Å². The number of para-hydroxylation sites is 1. The van der Waals surface area contributed by atoms with Gasteiger partial charge in [0.15, 0.2) is 5.84 Å². The molecule has 0 amide bonds. The van der Waals surface area contributed by atoms with Gasteiger partial charge in [0.1, 0.15) is 17.8 Å². The van der Waals surface area contributed by atoms with Crippen LogP contribution in [-0.2, 0) is 0 Å². The second-order valence-corrected chi connectivity index (χ2v) is 13.9. The van der Waals surface area contributed by atoms with Gasteiger partial charge in [-0.1, -0.05) is 115 Å². The van der Waals surface area contributed by atoms with Crippen LogP contribution >= 0.6 is 11.3 Å². The largest absolute Gasteiger partial charge is 0.344 e. The second-order valence-electron chi connectivity index (χ2n) is 12.8. The molecule has 5 nitrogen and oxygen atoms in total. The summed E-state index contributed by atoms with van der Waals surface area (Å²) in [4.78, 5) is 15.1. The Hall–Kier alpha value is -6.11. The molecular weight excluding hydrogens is 631 g/mol. The lowest BCUT2D eigenvalue weighted by molar-refractivity contribution is 0.667. The van der Waals surface area contributed by atoms with Crippen LogP contribution in [0, 0.1) is 0 Å². The zero-order valence-electron chi connectivity index (χ0n) is 27.1. The van der Waals surface area contributed by atoms with Crippen molar-refractivity contribution in [2.75, 3.05) is 0 Å². The molecular formula is C44H31N5S. The Balaban J connectivity index is 1.08. The number of benzene rings is 5. The van der Waals surface area contributed by atoms with E-state index < -0.39 is 0 Å². The first-order valence-electron chi connectivity index (χ1n) is 17.0. The molecule has 8 aromatic rings. The summed E-state index contributed by atoms with van der Waals surface area (Å²) in [5.41, 5.74) is 7.89. The number of allylic oxidation sites excluding steroid dienone is 3. The Morgan fingerprint density at radius 1 is 0.700 bits per heavy atom. The summed E-state index contributed by atoms with van der Waals surface area (Å²) in [7, 11) is 0. The topological polar surface area (TPSA) is 54.6 Å². The third kappa shape index (κ3) is 4.79. The molecule has 3 aromatic heterocycles. The Bertz CT molecular complexity index is 2730. The van der Waals surface area contributed by atoms with Crippen molar-refractivity contribution in [1.29, 1.82) is 0 Å². The molecule has 6 heteroatoms. The molecule has 5 aromatic carbocycles. The van der Waals surface area contributed by atoms with Gasteiger partial charge in [-0.25, -0.2) is 15.0 Å². The summed E-state index contributed by atoms with van der Waals surface area (Å²) in [5.74, 6) is 2.47. The van der Waals surface area contributed by atoms with Gasteiger partial charge in [0.05, 0.1) is 11.0 Å². The van der Waals surface area contributed by atoms with Gasteiger partial charge in [0.25, 0.3) is 0 Å². The van der Waals surface area contributed by atoms with Crippen molar-refractivity contribution >= 4 is 65.0 Å². The van der Waals surface area contributed by atoms with Crippen molar-refractivity contribution in [2.45, 2.75) is 19.0 Å². The second kappa shape index (κ2) is 11.8. The molecule has 0 spiro atoms. The highest BCUT2D eigenvalue weighted by molar-refractivity contribution is 7.26. The number of fused-ring (bicyclic) bond motifs is 6. The minimum Gasteiger partial charge on any atom is -0.344 e. The SMILES string of the molecule is C1=CCCC(C2=NC(c3ccccc3)=NC(c3ccc(-n4c5ccccc5c5ccc(-c6cccc7c6sc6ccccc67)cc54)nc3)N2)=C1. The maximum Gasteiger partial charge on any atom is 0.159 e. The van der Waals surface area contributed by atoms with Crippen molar-refractivity contribution in [1.82, 2.24) is 14.9 Å². The highest BCUT2D eigenvalue weighted by atomic mass is 32.1. The van der Waals surface area contributed by atoms with E-state index >= 15 is 0 Å². The molecule has 2 aliphatic rings. The quantitative estimate of drug-likeness (QED) is 0.200. The Kier molecular flexibility index (Phi) is 6.81. The molecule has 10 rings (SSSR count). The predicted molar refractivity (Wildman–Crippen MR) is 210 cm³/mol. The minimum absolute atomic E-state index is 0.308. The summed E-state index contributed by atoms with van der Waals surface area (Å²) < 4.78 is 4.92. The number of nitrogens with zero attached hydrogens (tertiary/aromatic N) is 4. The summed E-state index contributed by atoms with van der Waals surface area (Å²) >= 11 is 1.87. The van der Waals surface area contributed by atoms with Crippen LogP contribution in [0.15, 0.2) is 167 Å². The molecule has 0 bridgehead atoms. The van der Waals surface area contributed by atoms with Gasteiger partial charge < -0.3 is 5.32 Å². The lowest BCUT2D eigenvalue weighted by Crippen LogP contribution is -2.34. The number of nitrogens with one attached hydrogen (secondary N) is 1. The van der Waals surface area contributed by atoms with Gasteiger partial charge in [-0.3, -0.25) is 4.57 Å². The summed E-state index contributed by atoms with van der Waals surface area (Å²) in [6.07, 6.45) is 10.1. The fraction of sp³-hybridized carbons (Fsp3) is 0.0682. The van der Waals surface area contributed by atoms with E-state index in [9.17, 15) is 0 Å². The van der Waals surface area contributed by atoms with Crippen LogP contribution in [-0.4, -0.2) is 21.2 Å². The molecule has 1 N–H and O–H groups in total. The predicted octanol–water partition coefficient (Wildman–Crippen LogP) is 10.9. The van der Waals surface area contributed by atoms with Crippen LogP contribution in [0.25, 0.3) is 58.9 Å². The lowest BCUT2D eigenvalue weighted by atomic mass is 10.0. The van der Waals surface area contributed by atoms with Crippen molar-refractivity contribution in [3.63, 3.8) is 0 Å². The maximum atomic E-state index is 5.10. The smallest absolute Gasteiger partial charge is 0.159 e. The number of aromatic nitrogens is 2. The van der Waals surface area contributed by atoms with E-state index in [0.717, 1.165) is 52.5 Å². The molecule has 1 aliphatic heterocycles. The molecule has 4 heterocycles. The van der Waals surface area contributed by atoms with Crippen molar-refractivity contribution in [3.05, 3.63) is 169 Å². The van der Waals surface area contributed by atoms with Gasteiger partial charge in [0, 0.05) is 48.3 Å². The van der Waals surface area contributed by atoms with Crippen LogP contribution in [0.4, 0.5) is 0 Å². The average molecular weight is 662 g/mol. The molecule has 1 atom stereocenters. The third-order valence-electron chi connectivity index (χ3n) is 9.80. The van der Waals surface area contributed by atoms with Crippen LogP contribution in [0.2, 0.25) is 0 Å². The molecule has 0 fully saturated rings. The van der Waals surface area contributed by atoms with Crippen LogP contribution in [0.5, 0.6) is 0 Å². The molecule has 0 saturated carbocycles. The number of hydrogen-bond donors (Lipinski definition) is 1. The molecule has 0 saturated heterocycles. The number of amidine groups is 2. The minimum atomic E-state index is -0.308. The zero-order chi connectivity index (χ0) is 33.0. The first kappa shape index (κ1) is 28.9. The fourth-order valence-electron chi connectivity index (χ4n) is 7.35. The normalized spacial score (nSPS) is 16.1. The van der Waals surface area contributed by atoms with Gasteiger partial charge in [-0.2, -0.15) is 0 Å². The number of pyridine rings is 1. The summed E-state index contributed by atoms with van der Waals surface area (Å²) in [6, 6.07) is 45.3. The third-order valence-corrected chi connectivity index (χ3v) is 11.0. The van der Waals surface area contributed by atoms with Crippen molar-refractivity contribution in [2.24, 2.45) is 9.98 Å². The molecule has 238 valence electrons. The Labute approximate surface area is 293 Å². The van der Waals surface area contributed by atoms with E-state index in [1.54, 1.807) is 0 Å². The van der Waals surface area contributed by atoms with Crippen molar-refractivity contribution in [3.8, 4) is 16.9 Å². The number of aliphatic imine (C=N–C) groups is 2. The highest BCUT2D eigenvalue weighted by Crippen LogP contribution is 2.41. The number of hydrogen-bond acceptors (Lipinski definition) is 5. The average Bonchev–Trinajstić information content (AvgIpc) is 3.74. The van der Waals surface area contributed by atoms with Gasteiger partial charge >= 0.3 is 0 Å². The van der Waals surface area contributed by atoms with Crippen LogP contribution in [0.3, 0.4) is 0 Å². The van der Waals surface area contributed by atoms with Gasteiger partial charge in [-0.05, 0) is 59.9 Å². The van der Waals surface area contributed by atoms with Crippen LogP contribution in [0.1, 0.15) is 30.1 Å². The lowest BCUT2D eigenvalue weighted by Gasteiger charge is -2.25. The van der Waals surface area contributed by atoms with E-state index in [2.05, 4.69) is 137 Å². The number of rotatable bonds is 5. The molecule has 1 unspecified atom stereocenters.